The first-order valence-corrected chi connectivity index (χ1v) is 7.95. The van der Waals surface area contributed by atoms with E-state index in [1.165, 1.54) is 12.1 Å². The van der Waals surface area contributed by atoms with Gasteiger partial charge in [0.2, 0.25) is 5.91 Å². The van der Waals surface area contributed by atoms with E-state index in [2.05, 4.69) is 10.5 Å². The summed E-state index contributed by atoms with van der Waals surface area (Å²) in [6.07, 6.45) is 0.0880. The molecule has 0 aliphatic rings. The molecule has 0 unspecified atom stereocenters. The van der Waals surface area contributed by atoms with Crippen molar-refractivity contribution in [1.82, 2.24) is 10.5 Å². The van der Waals surface area contributed by atoms with E-state index >= 15 is 0 Å². The van der Waals surface area contributed by atoms with Crippen LogP contribution in [0.1, 0.15) is 29.8 Å². The Bertz CT molecular complexity index is 920. The summed E-state index contributed by atoms with van der Waals surface area (Å²) in [5.74, 6) is 0.199. The average Bonchev–Trinajstić information content (AvgIpc) is 2.96. The molecule has 1 atom stereocenters. The highest BCUT2D eigenvalue weighted by Crippen LogP contribution is 2.24. The van der Waals surface area contributed by atoms with Gasteiger partial charge in [-0.2, -0.15) is 0 Å². The van der Waals surface area contributed by atoms with Crippen LogP contribution in [0.4, 0.5) is 4.39 Å². The minimum absolute atomic E-state index is 0.0880. The Morgan fingerprint density at radius 2 is 2.12 bits per heavy atom. The van der Waals surface area contributed by atoms with Gasteiger partial charge in [0.15, 0.2) is 5.58 Å². The number of hydrogen-bond donors (Lipinski definition) is 1. The molecule has 130 valence electrons. The molecule has 25 heavy (non-hydrogen) atoms. The normalized spacial score (nSPS) is 12.2. The number of carbonyl (C=O) groups is 1. The third kappa shape index (κ3) is 3.63. The lowest BCUT2D eigenvalue weighted by molar-refractivity contribution is -0.121. The molecule has 0 aliphatic heterocycles. The zero-order valence-electron chi connectivity index (χ0n) is 14.3. The van der Waals surface area contributed by atoms with E-state index in [0.29, 0.717) is 17.0 Å². The van der Waals surface area contributed by atoms with E-state index in [0.717, 1.165) is 16.5 Å². The number of nitrogens with one attached hydrogen (secondary N) is 1. The number of ether oxygens (including phenoxy) is 1. The van der Waals surface area contributed by atoms with Crippen LogP contribution in [0, 0.1) is 12.7 Å². The second-order valence-corrected chi connectivity index (χ2v) is 5.96. The molecule has 1 amide bonds. The fourth-order valence-electron chi connectivity index (χ4n) is 2.87. The van der Waals surface area contributed by atoms with Crippen molar-refractivity contribution in [2.45, 2.75) is 26.3 Å². The number of nitrogens with zero attached hydrogens (tertiary/aromatic N) is 1. The smallest absolute Gasteiger partial charge is 0.226 e. The first-order valence-electron chi connectivity index (χ1n) is 7.95. The van der Waals surface area contributed by atoms with Gasteiger partial charge in [0.25, 0.3) is 0 Å². The lowest BCUT2D eigenvalue weighted by atomic mass is 10.0. The van der Waals surface area contributed by atoms with Crippen molar-refractivity contribution < 1.29 is 18.4 Å². The number of carbonyl (C=O) groups excluding carboxylic acids is 1. The molecule has 0 radical (unpaired) electrons. The van der Waals surface area contributed by atoms with Crippen LogP contribution in [-0.4, -0.2) is 18.2 Å². The predicted octanol–water partition coefficient (Wildman–Crippen LogP) is 3.70. The van der Waals surface area contributed by atoms with Crippen molar-refractivity contribution in [2.24, 2.45) is 0 Å². The van der Waals surface area contributed by atoms with Gasteiger partial charge < -0.3 is 14.6 Å². The molecular weight excluding hydrogens is 323 g/mol. The van der Waals surface area contributed by atoms with Crippen LogP contribution in [0.5, 0.6) is 5.75 Å². The van der Waals surface area contributed by atoms with Crippen LogP contribution in [0.25, 0.3) is 11.0 Å². The molecule has 1 aromatic heterocycles. The van der Waals surface area contributed by atoms with E-state index in [-0.39, 0.29) is 24.2 Å². The maximum atomic E-state index is 13.2. The summed E-state index contributed by atoms with van der Waals surface area (Å²) in [5, 5.41) is 7.64. The summed E-state index contributed by atoms with van der Waals surface area (Å²) < 4.78 is 23.7. The number of hydrogen-bond acceptors (Lipinski definition) is 4. The zero-order chi connectivity index (χ0) is 18.0. The van der Waals surface area contributed by atoms with Crippen molar-refractivity contribution >= 4 is 16.9 Å². The number of aromatic nitrogens is 1. The maximum Gasteiger partial charge on any atom is 0.226 e. The Morgan fingerprint density at radius 3 is 2.84 bits per heavy atom. The molecule has 0 bridgehead atoms. The number of benzene rings is 2. The molecule has 1 N–H and O–H groups in total. The van der Waals surface area contributed by atoms with Gasteiger partial charge in [-0.15, -0.1) is 0 Å². The van der Waals surface area contributed by atoms with Crippen LogP contribution in [-0.2, 0) is 11.2 Å². The molecule has 3 aromatic rings. The Labute approximate surface area is 144 Å². The third-order valence-electron chi connectivity index (χ3n) is 4.16. The fourth-order valence-corrected chi connectivity index (χ4v) is 2.87. The average molecular weight is 342 g/mol. The van der Waals surface area contributed by atoms with Gasteiger partial charge in [0.1, 0.15) is 17.3 Å². The standard InChI is InChI=1S/C19H19FN2O3/c1-11-8-13(20)4-6-15(11)12(2)21-19(23)10-17-16-9-14(24-3)5-7-18(16)25-22-17/h4-9,12H,10H2,1-3H3,(H,21,23)/t12-/m0/s1. The number of fused-ring (bicyclic) bond motifs is 1. The Morgan fingerprint density at radius 1 is 1.32 bits per heavy atom. The zero-order valence-corrected chi connectivity index (χ0v) is 14.3. The molecule has 1 heterocycles. The topological polar surface area (TPSA) is 64.4 Å². The minimum Gasteiger partial charge on any atom is -0.497 e. The van der Waals surface area contributed by atoms with Crippen molar-refractivity contribution in [3.8, 4) is 5.75 Å². The van der Waals surface area contributed by atoms with Crippen LogP contribution >= 0.6 is 0 Å². The molecule has 0 fully saturated rings. The number of amides is 1. The van der Waals surface area contributed by atoms with Gasteiger partial charge in [-0.25, -0.2) is 4.39 Å². The van der Waals surface area contributed by atoms with Gasteiger partial charge in [0, 0.05) is 5.39 Å². The molecule has 0 saturated carbocycles. The summed E-state index contributed by atoms with van der Waals surface area (Å²) >= 11 is 0. The van der Waals surface area contributed by atoms with Crippen LogP contribution in [0.15, 0.2) is 40.9 Å². The van der Waals surface area contributed by atoms with E-state index < -0.39 is 0 Å². The minimum atomic E-state index is -0.289. The monoisotopic (exact) mass is 342 g/mol. The third-order valence-corrected chi connectivity index (χ3v) is 4.16. The molecule has 2 aromatic carbocycles. The van der Waals surface area contributed by atoms with E-state index in [1.54, 1.807) is 31.4 Å². The highest BCUT2D eigenvalue weighted by atomic mass is 19.1. The van der Waals surface area contributed by atoms with Crippen LogP contribution in [0.3, 0.4) is 0 Å². The van der Waals surface area contributed by atoms with Crippen molar-refractivity contribution in [1.29, 1.82) is 0 Å². The molecule has 6 heteroatoms. The first kappa shape index (κ1) is 17.0. The highest BCUT2D eigenvalue weighted by Gasteiger charge is 2.16. The Kier molecular flexibility index (Phi) is 4.70. The van der Waals surface area contributed by atoms with Crippen LogP contribution in [0.2, 0.25) is 0 Å². The summed E-state index contributed by atoms with van der Waals surface area (Å²) in [5.41, 5.74) is 2.83. The molecule has 0 aliphatic carbocycles. The largest absolute Gasteiger partial charge is 0.497 e. The fraction of sp³-hybridized carbons (Fsp3) is 0.263. The quantitative estimate of drug-likeness (QED) is 0.768. The predicted molar refractivity (Wildman–Crippen MR) is 92.0 cm³/mol. The van der Waals surface area contributed by atoms with Crippen LogP contribution < -0.4 is 10.1 Å². The van der Waals surface area contributed by atoms with Crippen molar-refractivity contribution in [3.63, 3.8) is 0 Å². The van der Waals surface area contributed by atoms with Gasteiger partial charge in [0.05, 0.1) is 19.6 Å². The summed E-state index contributed by atoms with van der Waals surface area (Å²) in [6, 6.07) is 9.62. The maximum absolute atomic E-state index is 13.2. The van der Waals surface area contributed by atoms with E-state index in [9.17, 15) is 9.18 Å². The number of halogens is 1. The van der Waals surface area contributed by atoms with Gasteiger partial charge >= 0.3 is 0 Å². The SMILES string of the molecule is COc1ccc2onc(CC(=O)N[C@@H](C)c3ccc(F)cc3C)c2c1. The number of rotatable bonds is 5. The van der Waals surface area contributed by atoms with Gasteiger partial charge in [-0.3, -0.25) is 4.79 Å². The van der Waals surface area contributed by atoms with E-state index in [1.807, 2.05) is 13.8 Å². The highest BCUT2D eigenvalue weighted by molar-refractivity contribution is 5.87. The van der Waals surface area contributed by atoms with E-state index in [4.69, 9.17) is 9.26 Å². The Hall–Kier alpha value is -2.89. The number of aryl methyl sites for hydroxylation is 1. The molecule has 5 nitrogen and oxygen atoms in total. The molecule has 0 spiro atoms. The lowest BCUT2D eigenvalue weighted by Gasteiger charge is -2.16. The second-order valence-electron chi connectivity index (χ2n) is 5.96. The molecular formula is C19H19FN2O3. The second kappa shape index (κ2) is 6.93. The summed E-state index contributed by atoms with van der Waals surface area (Å²) in [4.78, 5) is 12.4. The van der Waals surface area contributed by atoms with Gasteiger partial charge in [-0.05, 0) is 55.3 Å². The summed E-state index contributed by atoms with van der Waals surface area (Å²) in [6.45, 7) is 3.68. The number of methoxy groups -OCH3 is 1. The summed E-state index contributed by atoms with van der Waals surface area (Å²) in [7, 11) is 1.58. The van der Waals surface area contributed by atoms with Crippen molar-refractivity contribution in [3.05, 3.63) is 59.0 Å². The Balaban J connectivity index is 1.74. The van der Waals surface area contributed by atoms with Crippen molar-refractivity contribution in [2.75, 3.05) is 7.11 Å². The lowest BCUT2D eigenvalue weighted by Crippen LogP contribution is -2.28. The molecule has 0 saturated heterocycles. The first-order chi connectivity index (χ1) is 12.0. The molecule has 3 rings (SSSR count). The van der Waals surface area contributed by atoms with Gasteiger partial charge in [-0.1, -0.05) is 11.2 Å².